The van der Waals surface area contributed by atoms with Gasteiger partial charge in [-0.3, -0.25) is 0 Å². The molecule has 1 aliphatic rings. The molecule has 0 heteroatoms. The van der Waals surface area contributed by atoms with E-state index in [1.165, 1.54) is 55.6 Å². The summed E-state index contributed by atoms with van der Waals surface area (Å²) in [6, 6.07) is 44.1. The molecule has 0 fully saturated rings. The van der Waals surface area contributed by atoms with E-state index in [-0.39, 0.29) is 5.41 Å². The molecular formula is C33H26. The van der Waals surface area contributed by atoms with Gasteiger partial charge in [0.2, 0.25) is 0 Å². The summed E-state index contributed by atoms with van der Waals surface area (Å²) in [6.45, 7) is 4.68. The lowest BCUT2D eigenvalue weighted by atomic mass is 9.82. The van der Waals surface area contributed by atoms with Crippen LogP contribution < -0.4 is 0 Å². The smallest absolute Gasteiger partial charge is 0.0159 e. The zero-order valence-electron chi connectivity index (χ0n) is 19.0. The van der Waals surface area contributed by atoms with Gasteiger partial charge in [-0.25, -0.2) is 0 Å². The molecule has 158 valence electrons. The van der Waals surface area contributed by atoms with Gasteiger partial charge in [0.25, 0.3) is 0 Å². The van der Waals surface area contributed by atoms with Gasteiger partial charge in [-0.2, -0.15) is 0 Å². The fourth-order valence-electron chi connectivity index (χ4n) is 5.35. The van der Waals surface area contributed by atoms with Crippen LogP contribution in [0, 0.1) is 0 Å². The molecule has 0 bridgehead atoms. The molecule has 0 radical (unpaired) electrons. The highest BCUT2D eigenvalue weighted by Gasteiger charge is 2.36. The predicted molar refractivity (Wildman–Crippen MR) is 140 cm³/mol. The van der Waals surface area contributed by atoms with Crippen molar-refractivity contribution in [3.05, 3.63) is 132 Å². The molecule has 6 rings (SSSR count). The fraction of sp³-hybridized carbons (Fsp3) is 0.0909. The van der Waals surface area contributed by atoms with Gasteiger partial charge in [-0.05, 0) is 61.7 Å². The van der Waals surface area contributed by atoms with E-state index in [1.807, 2.05) is 0 Å². The quantitative estimate of drug-likeness (QED) is 0.272. The highest BCUT2D eigenvalue weighted by molar-refractivity contribution is 5.93. The molecule has 0 spiro atoms. The molecule has 1 aliphatic carbocycles. The summed E-state index contributed by atoms with van der Waals surface area (Å²) in [6.07, 6.45) is 0. The van der Waals surface area contributed by atoms with E-state index in [1.54, 1.807) is 0 Å². The average Bonchev–Trinajstić information content (AvgIpc) is 3.12. The van der Waals surface area contributed by atoms with E-state index in [0.717, 1.165) is 0 Å². The second-order valence-corrected chi connectivity index (χ2v) is 9.42. The van der Waals surface area contributed by atoms with Crippen LogP contribution in [0.1, 0.15) is 25.0 Å². The molecule has 5 aromatic carbocycles. The van der Waals surface area contributed by atoms with E-state index in [4.69, 9.17) is 0 Å². The maximum Gasteiger partial charge on any atom is 0.0159 e. The Morgan fingerprint density at radius 3 is 1.70 bits per heavy atom. The first-order valence-corrected chi connectivity index (χ1v) is 11.6. The van der Waals surface area contributed by atoms with Crippen LogP contribution in [0.2, 0.25) is 0 Å². The summed E-state index contributed by atoms with van der Waals surface area (Å²) < 4.78 is 0. The van der Waals surface area contributed by atoms with Crippen molar-refractivity contribution in [3.63, 3.8) is 0 Å². The van der Waals surface area contributed by atoms with Gasteiger partial charge in [-0.15, -0.1) is 0 Å². The van der Waals surface area contributed by atoms with E-state index >= 15 is 0 Å². The van der Waals surface area contributed by atoms with Gasteiger partial charge in [0.1, 0.15) is 0 Å². The van der Waals surface area contributed by atoms with Crippen molar-refractivity contribution in [2.24, 2.45) is 0 Å². The summed E-state index contributed by atoms with van der Waals surface area (Å²) in [5, 5.41) is 0. The normalized spacial score (nSPS) is 13.4. The zero-order chi connectivity index (χ0) is 22.4. The minimum absolute atomic E-state index is 0.0207. The third-order valence-corrected chi connectivity index (χ3v) is 7.11. The zero-order valence-corrected chi connectivity index (χ0v) is 19.0. The van der Waals surface area contributed by atoms with Gasteiger partial charge in [0, 0.05) is 5.41 Å². The van der Waals surface area contributed by atoms with E-state index in [9.17, 15) is 0 Å². The average molecular weight is 423 g/mol. The molecule has 0 unspecified atom stereocenters. The Kier molecular flexibility index (Phi) is 4.55. The second-order valence-electron chi connectivity index (χ2n) is 9.42. The molecular weight excluding hydrogens is 396 g/mol. The molecule has 0 amide bonds. The summed E-state index contributed by atoms with van der Waals surface area (Å²) in [5.74, 6) is 0. The molecule has 0 saturated carbocycles. The maximum atomic E-state index is 2.34. The summed E-state index contributed by atoms with van der Waals surface area (Å²) in [5.41, 5.74) is 13.2. The Balaban J connectivity index is 1.43. The van der Waals surface area contributed by atoms with Crippen molar-refractivity contribution in [2.75, 3.05) is 0 Å². The van der Waals surface area contributed by atoms with Crippen LogP contribution in [0.5, 0.6) is 0 Å². The molecule has 0 heterocycles. The first kappa shape index (κ1) is 19.8. The van der Waals surface area contributed by atoms with Crippen LogP contribution >= 0.6 is 0 Å². The third-order valence-electron chi connectivity index (χ3n) is 7.11. The van der Waals surface area contributed by atoms with Crippen molar-refractivity contribution in [1.29, 1.82) is 0 Å². The number of hydrogen-bond acceptors (Lipinski definition) is 0. The van der Waals surface area contributed by atoms with E-state index < -0.39 is 0 Å². The van der Waals surface area contributed by atoms with Crippen molar-refractivity contribution in [3.8, 4) is 44.5 Å². The number of hydrogen-bond donors (Lipinski definition) is 0. The lowest BCUT2D eigenvalue weighted by Crippen LogP contribution is -2.14. The first-order chi connectivity index (χ1) is 16.1. The molecule has 0 aliphatic heterocycles. The number of rotatable bonds is 3. The second kappa shape index (κ2) is 7.60. The van der Waals surface area contributed by atoms with Crippen LogP contribution in [0.25, 0.3) is 44.5 Å². The Hall–Kier alpha value is -3.90. The summed E-state index contributed by atoms with van der Waals surface area (Å²) in [7, 11) is 0. The Morgan fingerprint density at radius 2 is 0.909 bits per heavy atom. The summed E-state index contributed by atoms with van der Waals surface area (Å²) in [4.78, 5) is 0. The minimum Gasteiger partial charge on any atom is -0.0622 e. The lowest BCUT2D eigenvalue weighted by Gasteiger charge is -2.21. The molecule has 0 saturated heterocycles. The largest absolute Gasteiger partial charge is 0.0622 e. The van der Waals surface area contributed by atoms with Crippen molar-refractivity contribution >= 4 is 0 Å². The molecule has 33 heavy (non-hydrogen) atoms. The third kappa shape index (κ3) is 3.22. The van der Waals surface area contributed by atoms with E-state index in [2.05, 4.69) is 135 Å². The van der Waals surface area contributed by atoms with Crippen molar-refractivity contribution in [1.82, 2.24) is 0 Å². The highest BCUT2D eigenvalue weighted by atomic mass is 14.4. The number of benzene rings is 5. The fourth-order valence-corrected chi connectivity index (χ4v) is 5.35. The van der Waals surface area contributed by atoms with Gasteiger partial charge < -0.3 is 0 Å². The Morgan fingerprint density at radius 1 is 0.394 bits per heavy atom. The highest BCUT2D eigenvalue weighted by Crippen LogP contribution is 2.52. The van der Waals surface area contributed by atoms with Crippen LogP contribution in [0.3, 0.4) is 0 Å². The summed E-state index contributed by atoms with van der Waals surface area (Å²) >= 11 is 0. The van der Waals surface area contributed by atoms with Crippen LogP contribution in [0.4, 0.5) is 0 Å². The SMILES string of the molecule is CC1(C)c2ccccc2-c2c(-c3cccc(-c4ccc(-c5ccccc5)cc4)c3)cccc21. The van der Waals surface area contributed by atoms with Crippen LogP contribution in [-0.2, 0) is 5.41 Å². The van der Waals surface area contributed by atoms with Gasteiger partial charge in [0.05, 0.1) is 0 Å². The van der Waals surface area contributed by atoms with Crippen LogP contribution in [0.15, 0.2) is 121 Å². The monoisotopic (exact) mass is 422 g/mol. The topological polar surface area (TPSA) is 0 Å². The minimum atomic E-state index is 0.0207. The molecule has 0 N–H and O–H groups in total. The predicted octanol–water partition coefficient (Wildman–Crippen LogP) is 8.99. The maximum absolute atomic E-state index is 2.34. The number of fused-ring (bicyclic) bond motifs is 3. The van der Waals surface area contributed by atoms with Crippen molar-refractivity contribution in [2.45, 2.75) is 19.3 Å². The van der Waals surface area contributed by atoms with Gasteiger partial charge in [-0.1, -0.05) is 129 Å². The molecule has 0 nitrogen and oxygen atoms in total. The van der Waals surface area contributed by atoms with E-state index in [0.29, 0.717) is 0 Å². The van der Waals surface area contributed by atoms with Crippen molar-refractivity contribution < 1.29 is 0 Å². The first-order valence-electron chi connectivity index (χ1n) is 11.6. The Bertz CT molecular complexity index is 1450. The van der Waals surface area contributed by atoms with Crippen LogP contribution in [-0.4, -0.2) is 0 Å². The Labute approximate surface area is 196 Å². The molecule has 0 aromatic heterocycles. The van der Waals surface area contributed by atoms with Gasteiger partial charge in [0.15, 0.2) is 0 Å². The standard InChI is InChI=1S/C33H26/c1-33(2)30-16-7-6-14-29(30)32-28(15-9-17-31(32)33)27-13-8-12-26(22-27)25-20-18-24(19-21-25)23-10-4-3-5-11-23/h3-22H,1-2H3. The van der Waals surface area contributed by atoms with Gasteiger partial charge >= 0.3 is 0 Å². The molecule has 5 aromatic rings. The lowest BCUT2D eigenvalue weighted by molar-refractivity contribution is 0.660. The molecule has 0 atom stereocenters.